The number of H-pyrrole nitrogens is 3. The average Bonchev–Trinajstić information content (AvgIpc) is 3.04. The molecule has 3 aromatic heterocycles. The predicted molar refractivity (Wildman–Crippen MR) is 163 cm³/mol. The van der Waals surface area contributed by atoms with Gasteiger partial charge in [-0.1, -0.05) is 0 Å². The molecule has 300 valence electrons. The molecule has 0 radical (unpaired) electrons. The van der Waals surface area contributed by atoms with E-state index in [0.717, 1.165) is 0 Å². The van der Waals surface area contributed by atoms with Gasteiger partial charge in [0.25, 0.3) is 0 Å². The number of fused-ring (bicyclic) bond motifs is 9. The highest BCUT2D eigenvalue weighted by molar-refractivity contribution is 6.25. The molecule has 0 atom stereocenters. The maximum absolute atomic E-state index is 14.1. The first kappa shape index (κ1) is 39.3. The molecule has 0 bridgehead atoms. The van der Waals surface area contributed by atoms with E-state index in [1.807, 2.05) is 0 Å². The van der Waals surface area contributed by atoms with Crippen molar-refractivity contribution in [2.24, 2.45) is 0 Å². The van der Waals surface area contributed by atoms with Crippen LogP contribution < -0.4 is 16.3 Å². The SMILES string of the molecule is O=c1c2cc(C(F)(F)F)c(C(F)(F)F)cc2[nH]c2c1c1[nH]c3cc(C(F)(F)F)c(C(F)(F)F)cc3c(=O)c1c1[nH]c3cc(C(F)(F)F)c(C(F)(F)F)cc3c(=O)c21. The van der Waals surface area contributed by atoms with Gasteiger partial charge in [-0.2, -0.15) is 79.0 Å². The smallest absolute Gasteiger partial charge is 0.354 e. The van der Waals surface area contributed by atoms with Crippen LogP contribution >= 0.6 is 0 Å². The van der Waals surface area contributed by atoms with E-state index in [9.17, 15) is 93.4 Å². The van der Waals surface area contributed by atoms with Crippen LogP contribution in [0.2, 0.25) is 0 Å². The summed E-state index contributed by atoms with van der Waals surface area (Å²) in [5.74, 6) is 0. The predicted octanol–water partition coefficient (Wildman–Crippen LogP) is 10.8. The molecule has 3 N–H and O–H groups in total. The van der Waals surface area contributed by atoms with Gasteiger partial charge in [0.1, 0.15) is 0 Å². The maximum Gasteiger partial charge on any atom is 0.417 e. The Bertz CT molecular complexity index is 2740. The van der Waals surface area contributed by atoms with Gasteiger partial charge in [-0.25, -0.2) is 0 Å². The van der Waals surface area contributed by atoms with E-state index in [1.54, 1.807) is 0 Å². The third-order valence-electron chi connectivity index (χ3n) is 9.00. The number of halogens is 18. The van der Waals surface area contributed by atoms with Gasteiger partial charge < -0.3 is 15.0 Å². The molecule has 24 heteroatoms. The monoisotopic (exact) mass is 837 g/mol. The largest absolute Gasteiger partial charge is 0.417 e. The first-order valence-corrected chi connectivity index (χ1v) is 15.0. The summed E-state index contributed by atoms with van der Waals surface area (Å²) in [6, 6.07) is -1.71. The maximum atomic E-state index is 14.1. The zero-order valence-corrected chi connectivity index (χ0v) is 26.5. The number of hydrogen-bond donors (Lipinski definition) is 3. The van der Waals surface area contributed by atoms with Crippen LogP contribution in [0.25, 0.3) is 65.4 Å². The van der Waals surface area contributed by atoms with Crippen LogP contribution in [0.4, 0.5) is 79.0 Å². The molecule has 6 nitrogen and oxygen atoms in total. The van der Waals surface area contributed by atoms with E-state index < -0.39 is 152 Å². The number of nitrogens with one attached hydrogen (secondary N) is 3. The first-order valence-electron chi connectivity index (χ1n) is 15.0. The lowest BCUT2D eigenvalue weighted by molar-refractivity contribution is -0.161. The molecule has 3 heterocycles. The summed E-state index contributed by atoms with van der Waals surface area (Å²) in [7, 11) is 0. The van der Waals surface area contributed by atoms with Crippen LogP contribution in [0.3, 0.4) is 0 Å². The summed E-state index contributed by atoms with van der Waals surface area (Å²) < 4.78 is 250. The minimum Gasteiger partial charge on any atom is -0.354 e. The molecule has 0 saturated carbocycles. The van der Waals surface area contributed by atoms with Crippen LogP contribution in [0.1, 0.15) is 33.4 Å². The highest BCUT2D eigenvalue weighted by atomic mass is 19.4. The molecule has 0 fully saturated rings. The topological polar surface area (TPSA) is 98.6 Å². The van der Waals surface area contributed by atoms with Gasteiger partial charge in [-0.3, -0.25) is 14.4 Å². The fourth-order valence-electron chi connectivity index (χ4n) is 6.69. The van der Waals surface area contributed by atoms with Crippen LogP contribution in [0.5, 0.6) is 0 Å². The molecule has 7 rings (SSSR count). The minimum atomic E-state index is -5.83. The Morgan fingerprint density at radius 3 is 0.649 bits per heavy atom. The van der Waals surface area contributed by atoms with Crippen molar-refractivity contribution in [3.05, 3.63) is 100 Å². The standard InChI is InChI=1S/C33H9F18N3O3/c34-28(35,36)10-1-7-16(4-13(10)31(43,44)45)52-22-19(25(7)55)23-21(27(57)8-2-11(29(37,38)39)14(32(46,47)48)5-17(8)53-23)24-20(22)26(56)9-3-12(30(40,41)42)15(33(49,50)51)6-18(9)54-24/h1-6H,(H,52,55)(H,53,57)(H,54,56). The van der Waals surface area contributed by atoms with Crippen molar-refractivity contribution in [1.29, 1.82) is 0 Å². The number of pyridine rings is 3. The fraction of sp³-hybridized carbons (Fsp3) is 0.182. The molecule has 7 aromatic rings. The van der Waals surface area contributed by atoms with Crippen molar-refractivity contribution in [1.82, 2.24) is 15.0 Å². The van der Waals surface area contributed by atoms with Crippen LogP contribution in [0, 0.1) is 0 Å². The Kier molecular flexibility index (Phi) is 7.96. The van der Waals surface area contributed by atoms with Crippen molar-refractivity contribution in [3.8, 4) is 0 Å². The number of benzene rings is 4. The van der Waals surface area contributed by atoms with E-state index in [1.165, 1.54) is 0 Å². The van der Waals surface area contributed by atoms with E-state index in [2.05, 4.69) is 15.0 Å². The quantitative estimate of drug-likeness (QED) is 0.0806. The van der Waals surface area contributed by atoms with Gasteiger partial charge in [0.05, 0.1) is 82.6 Å². The summed E-state index contributed by atoms with van der Waals surface area (Å²) >= 11 is 0. The number of rotatable bonds is 0. The molecule has 0 aliphatic carbocycles. The Labute approximate surface area is 297 Å². The lowest BCUT2D eigenvalue weighted by Gasteiger charge is -2.19. The zero-order chi connectivity index (χ0) is 42.5. The summed E-state index contributed by atoms with van der Waals surface area (Å²) in [5.41, 5.74) is -27.0. The molecule has 0 spiro atoms. The van der Waals surface area contributed by atoms with Crippen molar-refractivity contribution < 1.29 is 79.0 Å². The van der Waals surface area contributed by atoms with Gasteiger partial charge in [-0.15, -0.1) is 0 Å². The number of aromatic nitrogens is 3. The Morgan fingerprint density at radius 1 is 0.298 bits per heavy atom. The van der Waals surface area contributed by atoms with Gasteiger partial charge >= 0.3 is 37.1 Å². The summed E-state index contributed by atoms with van der Waals surface area (Å²) in [4.78, 5) is 48.3. The fourth-order valence-corrected chi connectivity index (χ4v) is 6.69. The van der Waals surface area contributed by atoms with E-state index >= 15 is 0 Å². The van der Waals surface area contributed by atoms with Crippen molar-refractivity contribution in [2.45, 2.75) is 37.1 Å². The normalized spacial score (nSPS) is 14.0. The molecular formula is C33H9F18N3O3. The molecule has 0 saturated heterocycles. The van der Waals surface area contributed by atoms with Gasteiger partial charge in [-0.05, 0) is 36.4 Å². The highest BCUT2D eigenvalue weighted by Crippen LogP contribution is 2.45. The van der Waals surface area contributed by atoms with Gasteiger partial charge in [0.2, 0.25) is 0 Å². The molecular weight excluding hydrogens is 828 g/mol. The second kappa shape index (κ2) is 11.6. The summed E-state index contributed by atoms with van der Waals surface area (Å²) in [6.45, 7) is 0. The van der Waals surface area contributed by atoms with Crippen LogP contribution in [-0.2, 0) is 37.1 Å². The van der Waals surface area contributed by atoms with Crippen molar-refractivity contribution in [2.75, 3.05) is 0 Å². The number of aromatic amines is 3. The minimum absolute atomic E-state index is 0.251. The van der Waals surface area contributed by atoms with E-state index in [4.69, 9.17) is 0 Å². The van der Waals surface area contributed by atoms with Crippen molar-refractivity contribution >= 4 is 65.4 Å². The highest BCUT2D eigenvalue weighted by Gasteiger charge is 2.46. The Morgan fingerprint density at radius 2 is 0.474 bits per heavy atom. The summed E-state index contributed by atoms with van der Waals surface area (Å²) in [6.07, 6.45) is -34.9. The Balaban J connectivity index is 1.83. The molecule has 0 aliphatic rings. The second-order valence-electron chi connectivity index (χ2n) is 12.4. The molecule has 57 heavy (non-hydrogen) atoms. The lowest BCUT2D eigenvalue weighted by Crippen LogP contribution is -2.20. The van der Waals surface area contributed by atoms with Crippen LogP contribution in [0.15, 0.2) is 50.8 Å². The van der Waals surface area contributed by atoms with Crippen molar-refractivity contribution in [3.63, 3.8) is 0 Å². The van der Waals surface area contributed by atoms with E-state index in [-0.39, 0.29) is 36.4 Å². The first-order chi connectivity index (χ1) is 25.8. The third kappa shape index (κ3) is 6.06. The van der Waals surface area contributed by atoms with Crippen LogP contribution in [-0.4, -0.2) is 15.0 Å². The molecule has 0 aliphatic heterocycles. The van der Waals surface area contributed by atoms with Gasteiger partial charge in [0.15, 0.2) is 16.3 Å². The number of alkyl halides is 18. The average molecular weight is 837 g/mol. The molecule has 4 aromatic carbocycles. The zero-order valence-electron chi connectivity index (χ0n) is 26.5. The second-order valence-corrected chi connectivity index (χ2v) is 12.4. The van der Waals surface area contributed by atoms with E-state index in [0.29, 0.717) is 0 Å². The van der Waals surface area contributed by atoms with Gasteiger partial charge in [0, 0.05) is 16.2 Å². The Hall–Kier alpha value is -5.97. The molecule has 0 unspecified atom stereocenters. The lowest BCUT2D eigenvalue weighted by atomic mass is 9.95. The third-order valence-corrected chi connectivity index (χ3v) is 9.00. The molecule has 0 amide bonds. The summed E-state index contributed by atoms with van der Waals surface area (Å²) in [5, 5.41) is -7.59. The number of hydrogen-bond acceptors (Lipinski definition) is 3.